The van der Waals surface area contributed by atoms with Crippen molar-refractivity contribution in [1.82, 2.24) is 9.97 Å². The number of rotatable bonds is 6. The number of anilines is 1. The molecule has 22 heavy (non-hydrogen) atoms. The maximum atomic E-state index is 13.8. The molecule has 1 aromatic heterocycles. The van der Waals surface area contributed by atoms with E-state index < -0.39 is 0 Å². The lowest BCUT2D eigenvalue weighted by molar-refractivity contribution is 0.320. The van der Waals surface area contributed by atoms with Gasteiger partial charge in [-0.1, -0.05) is 12.1 Å². The number of benzene rings is 1. The molecule has 6 nitrogen and oxygen atoms in total. The predicted octanol–water partition coefficient (Wildman–Crippen LogP) is 3.60. The first-order valence-electron chi connectivity index (χ1n) is 6.59. The Labute approximate surface area is 127 Å². The van der Waals surface area contributed by atoms with Gasteiger partial charge in [0, 0.05) is 18.6 Å². The molecular weight excluding hydrogens is 285 g/mol. The van der Waals surface area contributed by atoms with Crippen molar-refractivity contribution in [1.29, 1.82) is 5.53 Å². The zero-order valence-corrected chi connectivity index (χ0v) is 12.3. The highest BCUT2D eigenvalue weighted by molar-refractivity contribution is 5.49. The molecule has 1 aromatic carbocycles. The van der Waals surface area contributed by atoms with E-state index in [-0.39, 0.29) is 24.1 Å². The molecule has 0 saturated carbocycles. The number of aryl methyl sites for hydroxylation is 2. The van der Waals surface area contributed by atoms with Crippen LogP contribution in [0, 0.1) is 25.2 Å². The molecule has 2 N–H and O–H groups in total. The Morgan fingerprint density at radius 2 is 2.09 bits per heavy atom. The van der Waals surface area contributed by atoms with Crippen LogP contribution in [0.3, 0.4) is 0 Å². The number of halogens is 1. The first-order chi connectivity index (χ1) is 10.6. The van der Waals surface area contributed by atoms with Crippen molar-refractivity contribution in [3.8, 4) is 6.01 Å². The standard InChI is InChI=1S/C15H16FN5O/c1-10-6-19-15(20-7-10)22-9-12(21-17)8-18-13-5-3-4-11(2)14(13)16/h3-8,17-18H,9H2,1-2H3/b12-8-,21-17?. The maximum absolute atomic E-state index is 13.8. The molecule has 0 unspecified atom stereocenters. The van der Waals surface area contributed by atoms with Crippen molar-refractivity contribution < 1.29 is 9.13 Å². The van der Waals surface area contributed by atoms with Gasteiger partial charge in [-0.2, -0.15) is 5.11 Å². The van der Waals surface area contributed by atoms with E-state index in [2.05, 4.69) is 20.4 Å². The van der Waals surface area contributed by atoms with Gasteiger partial charge < -0.3 is 10.1 Å². The summed E-state index contributed by atoms with van der Waals surface area (Å²) >= 11 is 0. The topological polar surface area (TPSA) is 83.2 Å². The van der Waals surface area contributed by atoms with Gasteiger partial charge in [0.1, 0.15) is 18.1 Å². The number of hydrogen-bond acceptors (Lipinski definition) is 6. The van der Waals surface area contributed by atoms with Gasteiger partial charge in [0.25, 0.3) is 0 Å². The van der Waals surface area contributed by atoms with Crippen LogP contribution in [0.1, 0.15) is 11.1 Å². The minimum Gasteiger partial charge on any atom is -0.457 e. The molecule has 0 saturated heterocycles. The SMILES string of the molecule is Cc1cnc(OC/C(=C/Nc2cccc(C)c2F)N=N)nc1. The largest absolute Gasteiger partial charge is 0.457 e. The zero-order valence-electron chi connectivity index (χ0n) is 12.3. The van der Waals surface area contributed by atoms with Crippen LogP contribution in [0.4, 0.5) is 10.1 Å². The number of nitrogens with one attached hydrogen (secondary N) is 2. The summed E-state index contributed by atoms with van der Waals surface area (Å²) in [5, 5.41) is 6.11. The summed E-state index contributed by atoms with van der Waals surface area (Å²) in [6.07, 6.45) is 4.67. The normalized spacial score (nSPS) is 11.1. The zero-order chi connectivity index (χ0) is 15.9. The van der Waals surface area contributed by atoms with Crippen LogP contribution in [-0.2, 0) is 0 Å². The molecular formula is C15H16FN5O. The van der Waals surface area contributed by atoms with Crippen molar-refractivity contribution in [2.75, 3.05) is 11.9 Å². The molecule has 0 bridgehead atoms. The van der Waals surface area contributed by atoms with Crippen molar-refractivity contribution in [3.63, 3.8) is 0 Å². The summed E-state index contributed by atoms with van der Waals surface area (Å²) < 4.78 is 19.1. The van der Waals surface area contributed by atoms with Crippen LogP contribution in [0.5, 0.6) is 6.01 Å². The van der Waals surface area contributed by atoms with E-state index in [9.17, 15) is 4.39 Å². The summed E-state index contributed by atoms with van der Waals surface area (Å²) in [5.74, 6) is -0.342. The van der Waals surface area contributed by atoms with Gasteiger partial charge in [-0.3, -0.25) is 0 Å². The lowest BCUT2D eigenvalue weighted by atomic mass is 10.2. The first-order valence-corrected chi connectivity index (χ1v) is 6.59. The Balaban J connectivity index is 2.00. The second kappa shape index (κ2) is 7.26. The minimum atomic E-state index is -0.342. The van der Waals surface area contributed by atoms with Crippen LogP contribution in [0.25, 0.3) is 0 Å². The Morgan fingerprint density at radius 1 is 1.36 bits per heavy atom. The van der Waals surface area contributed by atoms with E-state index in [1.165, 1.54) is 6.20 Å². The van der Waals surface area contributed by atoms with Crippen molar-refractivity contribution >= 4 is 5.69 Å². The minimum absolute atomic E-state index is 0.00694. The summed E-state index contributed by atoms with van der Waals surface area (Å²) in [6, 6.07) is 5.21. The molecule has 0 aliphatic rings. The lowest BCUT2D eigenvalue weighted by Gasteiger charge is -2.07. The third-order valence-corrected chi connectivity index (χ3v) is 2.84. The Bertz CT molecular complexity index is 685. The average molecular weight is 301 g/mol. The number of aromatic nitrogens is 2. The second-order valence-corrected chi connectivity index (χ2v) is 4.66. The number of hydrogen-bond donors (Lipinski definition) is 2. The van der Waals surface area contributed by atoms with Crippen LogP contribution in [-0.4, -0.2) is 16.6 Å². The smallest absolute Gasteiger partial charge is 0.316 e. The molecule has 1 heterocycles. The van der Waals surface area contributed by atoms with Gasteiger partial charge >= 0.3 is 6.01 Å². The number of ether oxygens (including phenoxy) is 1. The van der Waals surface area contributed by atoms with Gasteiger partial charge in [-0.25, -0.2) is 19.9 Å². The molecule has 0 spiro atoms. The quantitative estimate of drug-likeness (QED) is 0.799. The fraction of sp³-hybridized carbons (Fsp3) is 0.200. The van der Waals surface area contributed by atoms with Crippen molar-refractivity contribution in [3.05, 3.63) is 59.4 Å². The fourth-order valence-corrected chi connectivity index (χ4v) is 1.62. The molecule has 0 aliphatic carbocycles. The highest BCUT2D eigenvalue weighted by Gasteiger charge is 2.04. The molecule has 0 fully saturated rings. The Morgan fingerprint density at radius 3 is 2.77 bits per heavy atom. The first kappa shape index (κ1) is 15.6. The molecule has 0 atom stereocenters. The van der Waals surface area contributed by atoms with Crippen LogP contribution in [0.15, 0.2) is 47.6 Å². The summed E-state index contributed by atoms with van der Waals surface area (Å²) in [4.78, 5) is 7.97. The van der Waals surface area contributed by atoms with Crippen LogP contribution < -0.4 is 10.1 Å². The third-order valence-electron chi connectivity index (χ3n) is 2.84. The maximum Gasteiger partial charge on any atom is 0.316 e. The van der Waals surface area contributed by atoms with Crippen molar-refractivity contribution in [2.45, 2.75) is 13.8 Å². The summed E-state index contributed by atoms with van der Waals surface area (Å²) in [7, 11) is 0. The van der Waals surface area contributed by atoms with Crippen LogP contribution >= 0.6 is 0 Å². The van der Waals surface area contributed by atoms with E-state index >= 15 is 0 Å². The molecule has 7 heteroatoms. The Hall–Kier alpha value is -2.83. The van der Waals surface area contributed by atoms with Gasteiger partial charge in [-0.05, 0) is 31.0 Å². The highest BCUT2D eigenvalue weighted by Crippen LogP contribution is 2.17. The van der Waals surface area contributed by atoms with Crippen molar-refractivity contribution in [2.24, 2.45) is 5.11 Å². The van der Waals surface area contributed by atoms with Gasteiger partial charge in [0.15, 0.2) is 0 Å². The average Bonchev–Trinajstić information content (AvgIpc) is 2.53. The fourth-order valence-electron chi connectivity index (χ4n) is 1.62. The van der Waals surface area contributed by atoms with E-state index in [1.54, 1.807) is 37.5 Å². The third kappa shape index (κ3) is 4.08. The highest BCUT2D eigenvalue weighted by atomic mass is 19.1. The second-order valence-electron chi connectivity index (χ2n) is 4.66. The molecule has 114 valence electrons. The van der Waals surface area contributed by atoms with E-state index in [0.29, 0.717) is 11.3 Å². The van der Waals surface area contributed by atoms with Gasteiger partial charge in [0.05, 0.1) is 5.69 Å². The molecule has 0 aliphatic heterocycles. The van der Waals surface area contributed by atoms with Crippen LogP contribution in [0.2, 0.25) is 0 Å². The summed E-state index contributed by atoms with van der Waals surface area (Å²) in [5.41, 5.74) is 9.17. The monoisotopic (exact) mass is 301 g/mol. The molecule has 2 aromatic rings. The Kier molecular flexibility index (Phi) is 5.13. The van der Waals surface area contributed by atoms with E-state index in [0.717, 1.165) is 5.56 Å². The molecule has 0 radical (unpaired) electrons. The van der Waals surface area contributed by atoms with E-state index in [4.69, 9.17) is 10.3 Å². The molecule has 2 rings (SSSR count). The van der Waals surface area contributed by atoms with Gasteiger partial charge in [0.2, 0.25) is 0 Å². The lowest BCUT2D eigenvalue weighted by Crippen LogP contribution is -2.05. The number of nitrogens with zero attached hydrogens (tertiary/aromatic N) is 3. The predicted molar refractivity (Wildman–Crippen MR) is 80.3 cm³/mol. The summed E-state index contributed by atoms with van der Waals surface area (Å²) in [6.45, 7) is 3.55. The van der Waals surface area contributed by atoms with E-state index in [1.807, 2.05) is 6.92 Å². The van der Waals surface area contributed by atoms with Gasteiger partial charge in [-0.15, -0.1) is 0 Å². The molecule has 0 amide bonds.